The summed E-state index contributed by atoms with van der Waals surface area (Å²) in [4.78, 5) is 29.8. The maximum Gasteiger partial charge on any atom is 0.311 e. The molecule has 0 unspecified atom stereocenters. The van der Waals surface area contributed by atoms with Gasteiger partial charge < -0.3 is 58.9 Å². The molecule has 0 aliphatic carbocycles. The Labute approximate surface area is 304 Å². The maximum absolute atomic E-state index is 14.1. The Bertz CT molecular complexity index is 1170. The fraction of sp³-hybridized carbons (Fsp3) is 0.946. The highest BCUT2D eigenvalue weighted by Gasteiger charge is 2.53. The van der Waals surface area contributed by atoms with Crippen LogP contribution in [0.3, 0.4) is 0 Å². The van der Waals surface area contributed by atoms with Crippen molar-refractivity contribution in [1.29, 1.82) is 0 Å². The second kappa shape index (κ2) is 17.0. The number of rotatable bonds is 7. The topological polar surface area (TPSA) is 194 Å². The van der Waals surface area contributed by atoms with Gasteiger partial charge in [-0.3, -0.25) is 9.59 Å². The lowest BCUT2D eigenvalue weighted by molar-refractivity contribution is -0.318. The first-order valence-electron chi connectivity index (χ1n) is 18.5. The highest BCUT2D eigenvalue weighted by atomic mass is 16.7. The van der Waals surface area contributed by atoms with Gasteiger partial charge in [0.05, 0.1) is 47.6 Å². The third-order valence-electron chi connectivity index (χ3n) is 11.8. The number of aliphatic hydroxyl groups is 5. The van der Waals surface area contributed by atoms with Gasteiger partial charge in [0.15, 0.2) is 12.6 Å². The second-order valence-electron chi connectivity index (χ2n) is 16.5. The van der Waals surface area contributed by atoms with Crippen molar-refractivity contribution in [3.05, 3.63) is 0 Å². The molecule has 0 radical (unpaired) electrons. The first-order valence-corrected chi connectivity index (χ1v) is 18.5. The summed E-state index contributed by atoms with van der Waals surface area (Å²) in [6, 6.07) is -0.324. The summed E-state index contributed by atoms with van der Waals surface area (Å²) in [7, 11) is 5.18. The van der Waals surface area contributed by atoms with E-state index < -0.39 is 108 Å². The van der Waals surface area contributed by atoms with Crippen molar-refractivity contribution in [2.24, 2.45) is 23.7 Å². The molecule has 3 rings (SSSR count). The van der Waals surface area contributed by atoms with Gasteiger partial charge in [-0.05, 0) is 74.9 Å². The van der Waals surface area contributed by atoms with Crippen LogP contribution < -0.4 is 0 Å². The Morgan fingerprint density at radius 1 is 0.882 bits per heavy atom. The number of hydrogen-bond acceptors (Lipinski definition) is 14. The zero-order valence-corrected chi connectivity index (χ0v) is 32.9. The molecule has 0 aromatic rings. The van der Waals surface area contributed by atoms with E-state index in [1.165, 1.54) is 27.9 Å². The van der Waals surface area contributed by atoms with E-state index in [0.717, 1.165) is 0 Å². The fourth-order valence-corrected chi connectivity index (χ4v) is 8.41. The van der Waals surface area contributed by atoms with Crippen LogP contribution in [-0.2, 0) is 38.0 Å². The summed E-state index contributed by atoms with van der Waals surface area (Å²) in [6.45, 7) is 16.3. The molecule has 0 saturated carbocycles. The van der Waals surface area contributed by atoms with Crippen LogP contribution in [0.4, 0.5) is 0 Å². The smallest absolute Gasteiger partial charge is 0.311 e. The van der Waals surface area contributed by atoms with E-state index in [4.69, 9.17) is 28.4 Å². The number of carbonyl (C=O) groups is 2. The van der Waals surface area contributed by atoms with Crippen LogP contribution in [-0.4, -0.2) is 148 Å². The number of hydrogen-bond donors (Lipinski definition) is 5. The predicted molar refractivity (Wildman–Crippen MR) is 186 cm³/mol. The number of cyclic esters (lactones) is 1. The Balaban J connectivity index is 2.18. The van der Waals surface area contributed by atoms with Gasteiger partial charge in [-0.1, -0.05) is 27.7 Å². The Hall–Kier alpha value is -1.30. The highest BCUT2D eigenvalue weighted by molar-refractivity contribution is 5.83. The van der Waals surface area contributed by atoms with E-state index in [1.54, 1.807) is 41.5 Å². The number of ether oxygens (including phenoxy) is 6. The van der Waals surface area contributed by atoms with Gasteiger partial charge in [-0.25, -0.2) is 0 Å². The van der Waals surface area contributed by atoms with Crippen molar-refractivity contribution in [3.8, 4) is 0 Å². The molecular formula is C37H67NO13. The Kier molecular flexibility index (Phi) is 14.7. The van der Waals surface area contributed by atoms with Crippen LogP contribution in [0.15, 0.2) is 0 Å². The summed E-state index contributed by atoms with van der Waals surface area (Å²) in [6.07, 6.45) is -9.71. The van der Waals surface area contributed by atoms with Gasteiger partial charge in [0.2, 0.25) is 0 Å². The van der Waals surface area contributed by atoms with Crippen LogP contribution >= 0.6 is 0 Å². The minimum Gasteiger partial charge on any atom is -0.459 e. The van der Waals surface area contributed by atoms with Gasteiger partial charge in [0.25, 0.3) is 0 Å². The summed E-state index contributed by atoms with van der Waals surface area (Å²) in [5.41, 5.74) is -4.84. The molecule has 3 heterocycles. The van der Waals surface area contributed by atoms with E-state index >= 15 is 0 Å². The average Bonchev–Trinajstić information content (AvgIpc) is 3.05. The molecule has 3 aliphatic rings. The number of ketones is 1. The van der Waals surface area contributed by atoms with Crippen molar-refractivity contribution in [2.45, 2.75) is 179 Å². The van der Waals surface area contributed by atoms with E-state index in [9.17, 15) is 35.1 Å². The van der Waals surface area contributed by atoms with Crippen LogP contribution in [0.2, 0.25) is 0 Å². The van der Waals surface area contributed by atoms with Crippen LogP contribution in [0.25, 0.3) is 0 Å². The van der Waals surface area contributed by atoms with E-state index in [1.807, 2.05) is 25.9 Å². The zero-order chi connectivity index (χ0) is 39.0. The third-order valence-corrected chi connectivity index (χ3v) is 11.8. The standard InChI is InChI=1S/C37H67NO13/c1-14-25-37(10,45)30(41)20(4)27(39)18(2)16-35(8,44)32(51-34-28(40)24(38(11)12)15-19(3)47-34)21(5)29(22(6)33(43)49-25)50-26-17-36(9,46-13)31(42)23(7)48-26/h18-26,28-32,34,40-42,44-45H,14-17H2,1-13H3/t18-,19-,20+,21+,22-,23-,24+,25-,26+,28+,29+,30-,31+,32-,34+,35-,36+,37-/m1/s1. The number of esters is 1. The first kappa shape index (κ1) is 44.1. The lowest BCUT2D eigenvalue weighted by Crippen LogP contribution is -2.61. The third kappa shape index (κ3) is 9.51. The summed E-state index contributed by atoms with van der Waals surface area (Å²) in [5.74, 6) is -4.98. The van der Waals surface area contributed by atoms with E-state index in [0.29, 0.717) is 6.42 Å². The van der Waals surface area contributed by atoms with Crippen LogP contribution in [0.1, 0.15) is 94.9 Å². The number of methoxy groups -OCH3 is 1. The molecule has 3 saturated heterocycles. The molecule has 0 bridgehead atoms. The number of nitrogens with zero attached hydrogens (tertiary/aromatic N) is 1. The molecule has 0 aromatic carbocycles. The van der Waals surface area contributed by atoms with Gasteiger partial charge in [0, 0.05) is 37.3 Å². The molecule has 0 spiro atoms. The predicted octanol–water partition coefficient (Wildman–Crippen LogP) is 1.79. The fourth-order valence-electron chi connectivity index (χ4n) is 8.41. The van der Waals surface area contributed by atoms with Crippen LogP contribution in [0, 0.1) is 23.7 Å². The average molecular weight is 734 g/mol. The molecule has 5 N–H and O–H groups in total. The molecule has 0 aromatic heterocycles. The molecule has 3 aliphatic heterocycles. The maximum atomic E-state index is 14.1. The zero-order valence-electron chi connectivity index (χ0n) is 32.9. The van der Waals surface area contributed by atoms with E-state index in [-0.39, 0.29) is 31.4 Å². The summed E-state index contributed by atoms with van der Waals surface area (Å²) in [5, 5.41) is 57.6. The highest BCUT2D eigenvalue weighted by Crippen LogP contribution is 2.40. The van der Waals surface area contributed by atoms with Crippen LogP contribution in [0.5, 0.6) is 0 Å². The lowest BCUT2D eigenvalue weighted by Gasteiger charge is -2.49. The Morgan fingerprint density at radius 2 is 1.49 bits per heavy atom. The lowest BCUT2D eigenvalue weighted by atomic mass is 9.74. The summed E-state index contributed by atoms with van der Waals surface area (Å²) < 4.78 is 37.1. The van der Waals surface area contributed by atoms with Gasteiger partial charge >= 0.3 is 5.97 Å². The molecular weight excluding hydrogens is 666 g/mol. The molecule has 3 fully saturated rings. The summed E-state index contributed by atoms with van der Waals surface area (Å²) >= 11 is 0. The van der Waals surface area contributed by atoms with Gasteiger partial charge in [0.1, 0.15) is 29.7 Å². The van der Waals surface area contributed by atoms with Crippen molar-refractivity contribution in [3.63, 3.8) is 0 Å². The Morgan fingerprint density at radius 3 is 2.04 bits per heavy atom. The first-order chi connectivity index (χ1) is 23.4. The SMILES string of the molecule is CC[C@H]1OC(=O)[C@H](C)[C@@H](O[C@H]2C[C@](C)(OC)[C@@H](O)[C@@H](C)O2)[C@H](C)[C@@H](O[C@@H]2O[C@H](C)C[C@H](N(C)C)[C@@H]2O)[C@](C)(O)C[C@@H](C)C(=O)[C@H](C)[C@@H](O)[C@]1(C)O. The minimum absolute atomic E-state index is 0.0936. The quantitative estimate of drug-likeness (QED) is 0.238. The number of carbonyl (C=O) groups excluding carboxylic acids is 2. The number of likely N-dealkylation sites (N-methyl/N-ethyl adjacent to an activating group) is 1. The van der Waals surface area contributed by atoms with Crippen molar-refractivity contribution in [1.82, 2.24) is 4.90 Å². The molecule has 14 heteroatoms. The molecule has 298 valence electrons. The monoisotopic (exact) mass is 733 g/mol. The van der Waals surface area contributed by atoms with E-state index in [2.05, 4.69) is 0 Å². The molecule has 18 atom stereocenters. The molecule has 51 heavy (non-hydrogen) atoms. The molecule has 0 amide bonds. The number of aliphatic hydroxyl groups excluding tert-OH is 3. The normalized spacial score (nSPS) is 49.7. The second-order valence-corrected chi connectivity index (χ2v) is 16.5. The largest absolute Gasteiger partial charge is 0.459 e. The van der Waals surface area contributed by atoms with Crippen molar-refractivity contribution < 1.29 is 63.5 Å². The van der Waals surface area contributed by atoms with Crippen molar-refractivity contribution >= 4 is 11.8 Å². The van der Waals surface area contributed by atoms with Gasteiger partial charge in [-0.15, -0.1) is 0 Å². The van der Waals surface area contributed by atoms with Gasteiger partial charge in [-0.2, -0.15) is 0 Å². The number of Topliss-reactive ketones (excluding diaryl/α,β-unsaturated/α-hetero) is 1. The minimum atomic E-state index is -1.99. The van der Waals surface area contributed by atoms with Crippen molar-refractivity contribution in [2.75, 3.05) is 21.2 Å². The molecule has 14 nitrogen and oxygen atoms in total.